The van der Waals surface area contributed by atoms with Crippen LogP contribution in [0.25, 0.3) is 0 Å². The molecule has 0 amide bonds. The molecule has 0 atom stereocenters. The van der Waals surface area contributed by atoms with Gasteiger partial charge in [-0.2, -0.15) is 21.6 Å². The molecule has 0 rings (SSSR count). The maximum Gasteiger partial charge on any atom is 0.522 e. The normalized spacial score (nSPS) is 11.3. The average Bonchev–Trinajstić information content (AvgIpc) is 1.55. The van der Waals surface area contributed by atoms with E-state index in [-0.39, 0.29) is 0 Å². The topological polar surface area (TPSA) is 112 Å². The molecule has 0 saturated carbocycles. The van der Waals surface area contributed by atoms with E-state index in [1.165, 1.54) is 0 Å². The van der Waals surface area contributed by atoms with Crippen LogP contribution in [0.1, 0.15) is 0 Å². The Hall–Kier alpha value is -1.03. The number of carbonyl (C=O) groups is 1. The highest BCUT2D eigenvalue weighted by atomic mass is 32.2. The molecule has 3 N–H and O–H groups in total. The molecular weight excluding hydrogens is 209 g/mol. The van der Waals surface area contributed by atoms with Crippen LogP contribution in [0.2, 0.25) is 0 Å². The second-order valence-corrected chi connectivity index (χ2v) is 2.62. The highest BCUT2D eigenvalue weighted by Crippen LogP contribution is 2.20. The Bertz CT molecular complexity index is 234. The Balaban J connectivity index is 0. The smallest absolute Gasteiger partial charge is 0.450 e. The summed E-state index contributed by atoms with van der Waals surface area (Å²) in [5, 5.41) is 13.9. The van der Waals surface area contributed by atoms with Crippen molar-refractivity contribution in [2.75, 3.05) is 0 Å². The fraction of sp³-hybridized carbons (Fsp3) is 0.500. The van der Waals surface area contributed by atoms with Gasteiger partial charge in [-0.05, 0) is 0 Å². The fourth-order valence-corrected chi connectivity index (χ4v) is 0. The summed E-state index contributed by atoms with van der Waals surface area (Å²) in [5.41, 5.74) is -5.53. The lowest BCUT2D eigenvalue weighted by Crippen LogP contribution is -2.21. The van der Waals surface area contributed by atoms with Crippen LogP contribution in [-0.4, -0.2) is 34.8 Å². The average molecular weight is 212 g/mol. The Morgan fingerprint density at radius 3 is 1.25 bits per heavy atom. The molecule has 0 bridgehead atoms. The first kappa shape index (κ1) is 13.6. The third kappa shape index (κ3) is 8.97. The number of hydrogen-bond acceptors (Lipinski definition) is 3. The molecule has 0 aromatic carbocycles. The maximum absolute atomic E-state index is 10.7. The first-order valence-electron chi connectivity index (χ1n) is 1.94. The first-order valence-corrected chi connectivity index (χ1v) is 3.38. The summed E-state index contributed by atoms with van der Waals surface area (Å²) in [6.07, 6.45) is -1.83. The Labute approximate surface area is 64.0 Å². The van der Waals surface area contributed by atoms with Gasteiger partial charge in [0.2, 0.25) is 0 Å². The standard InChI is InChI=1S/CHF3O3S.CH2O3/c2-1(3,4)8(5,6)7;2-1(3)4/h(H,5,6,7);(H2,2,3,4). The molecule has 0 fully saturated rings. The third-order valence-electron chi connectivity index (χ3n) is 0.292. The summed E-state index contributed by atoms with van der Waals surface area (Å²) in [6, 6.07) is 0. The molecule has 6 nitrogen and oxygen atoms in total. The highest BCUT2D eigenvalue weighted by Gasteiger charge is 2.44. The summed E-state index contributed by atoms with van der Waals surface area (Å²) >= 11 is 0. The van der Waals surface area contributed by atoms with Crippen molar-refractivity contribution in [3.8, 4) is 0 Å². The van der Waals surface area contributed by atoms with Gasteiger partial charge in [-0.3, -0.25) is 4.55 Å². The summed E-state index contributed by atoms with van der Waals surface area (Å²) in [6.45, 7) is 0. The molecule has 0 unspecified atom stereocenters. The van der Waals surface area contributed by atoms with Gasteiger partial charge < -0.3 is 10.2 Å². The predicted molar refractivity (Wildman–Crippen MR) is 28.3 cm³/mol. The van der Waals surface area contributed by atoms with Crippen LogP contribution in [0, 0.1) is 0 Å². The van der Waals surface area contributed by atoms with Crippen LogP contribution in [0.4, 0.5) is 18.0 Å². The van der Waals surface area contributed by atoms with Crippen LogP contribution < -0.4 is 0 Å². The minimum Gasteiger partial charge on any atom is -0.450 e. The van der Waals surface area contributed by atoms with Gasteiger partial charge in [0.25, 0.3) is 0 Å². The molecule has 0 spiro atoms. The van der Waals surface area contributed by atoms with Gasteiger partial charge in [-0.15, -0.1) is 0 Å². The summed E-state index contributed by atoms with van der Waals surface area (Å²) < 4.78 is 57.5. The molecule has 0 heterocycles. The van der Waals surface area contributed by atoms with Crippen molar-refractivity contribution in [3.05, 3.63) is 0 Å². The van der Waals surface area contributed by atoms with Crippen molar-refractivity contribution >= 4 is 16.3 Å². The largest absolute Gasteiger partial charge is 0.522 e. The van der Waals surface area contributed by atoms with Gasteiger partial charge in [0, 0.05) is 0 Å². The van der Waals surface area contributed by atoms with E-state index < -0.39 is 21.8 Å². The lowest BCUT2D eigenvalue weighted by atomic mass is 11.5. The molecule has 0 aromatic rings. The van der Waals surface area contributed by atoms with Gasteiger partial charge in [0.1, 0.15) is 0 Å². The summed E-state index contributed by atoms with van der Waals surface area (Å²) in [4.78, 5) is 8.56. The minimum absolute atomic E-state index is 1.83. The van der Waals surface area contributed by atoms with Crippen LogP contribution in [0.5, 0.6) is 0 Å². The Kier molecular flexibility index (Phi) is 4.64. The van der Waals surface area contributed by atoms with Gasteiger partial charge >= 0.3 is 21.8 Å². The molecule has 10 heteroatoms. The van der Waals surface area contributed by atoms with Crippen molar-refractivity contribution in [3.63, 3.8) is 0 Å². The van der Waals surface area contributed by atoms with E-state index in [0.717, 1.165) is 0 Å². The lowest BCUT2D eigenvalue weighted by molar-refractivity contribution is -0.0510. The first-order chi connectivity index (χ1) is 4.98. The molecule has 0 aliphatic rings. The van der Waals surface area contributed by atoms with Gasteiger partial charge in [-0.25, -0.2) is 4.79 Å². The molecule has 74 valence electrons. The van der Waals surface area contributed by atoms with Crippen LogP contribution in [0.3, 0.4) is 0 Å². The summed E-state index contributed by atoms with van der Waals surface area (Å²) in [5.74, 6) is 0. The molecule has 12 heavy (non-hydrogen) atoms. The molecule has 0 aliphatic heterocycles. The van der Waals surface area contributed by atoms with E-state index in [9.17, 15) is 13.2 Å². The number of halogens is 3. The molecule has 0 saturated heterocycles. The van der Waals surface area contributed by atoms with E-state index in [1.807, 2.05) is 0 Å². The quantitative estimate of drug-likeness (QED) is 0.400. The van der Waals surface area contributed by atoms with Gasteiger partial charge in [0.05, 0.1) is 0 Å². The Morgan fingerprint density at radius 2 is 1.25 bits per heavy atom. The third-order valence-corrected chi connectivity index (χ3v) is 0.877. The second-order valence-electron chi connectivity index (χ2n) is 1.20. The van der Waals surface area contributed by atoms with Crippen LogP contribution >= 0.6 is 0 Å². The Morgan fingerprint density at radius 1 is 1.17 bits per heavy atom. The van der Waals surface area contributed by atoms with E-state index in [0.29, 0.717) is 0 Å². The van der Waals surface area contributed by atoms with Crippen molar-refractivity contribution in [2.45, 2.75) is 5.51 Å². The number of hydrogen-bond donors (Lipinski definition) is 3. The zero-order chi connectivity index (χ0) is 10.6. The zero-order valence-electron chi connectivity index (χ0n) is 5.11. The van der Waals surface area contributed by atoms with Crippen molar-refractivity contribution in [1.82, 2.24) is 0 Å². The maximum atomic E-state index is 10.7. The molecular formula is C2H3F3O6S. The van der Waals surface area contributed by atoms with E-state index in [4.69, 9.17) is 28.0 Å². The lowest BCUT2D eigenvalue weighted by Gasteiger charge is -1.97. The molecule has 0 aliphatic carbocycles. The van der Waals surface area contributed by atoms with E-state index in [1.54, 1.807) is 0 Å². The minimum atomic E-state index is -5.84. The van der Waals surface area contributed by atoms with E-state index in [2.05, 4.69) is 0 Å². The van der Waals surface area contributed by atoms with Gasteiger partial charge in [0.15, 0.2) is 0 Å². The second kappa shape index (κ2) is 4.11. The highest BCUT2D eigenvalue weighted by molar-refractivity contribution is 7.86. The summed E-state index contributed by atoms with van der Waals surface area (Å²) in [7, 11) is -5.84. The fourth-order valence-electron chi connectivity index (χ4n) is 0. The van der Waals surface area contributed by atoms with Crippen LogP contribution in [0.15, 0.2) is 0 Å². The van der Waals surface area contributed by atoms with E-state index >= 15 is 0 Å². The number of carboxylic acid groups (broad SMARTS) is 2. The van der Waals surface area contributed by atoms with Crippen molar-refractivity contribution in [2.24, 2.45) is 0 Å². The van der Waals surface area contributed by atoms with Gasteiger partial charge in [-0.1, -0.05) is 0 Å². The van der Waals surface area contributed by atoms with Crippen LogP contribution in [-0.2, 0) is 10.1 Å². The number of rotatable bonds is 0. The predicted octanol–water partition coefficient (Wildman–Crippen LogP) is 0.616. The van der Waals surface area contributed by atoms with Crippen molar-refractivity contribution in [1.29, 1.82) is 0 Å². The molecule has 0 radical (unpaired) electrons. The van der Waals surface area contributed by atoms with Crippen molar-refractivity contribution < 1.29 is 41.1 Å². The monoisotopic (exact) mass is 212 g/mol. The molecule has 0 aromatic heterocycles. The number of alkyl halides is 3. The zero-order valence-corrected chi connectivity index (χ0v) is 5.93. The SMILES string of the molecule is O=C(O)O.O=S(=O)(O)C(F)(F)F.